The topological polar surface area (TPSA) is 65.6 Å². The number of carbonyl (C=O) groups excluding carboxylic acids is 1. The van der Waals surface area contributed by atoms with E-state index in [1.54, 1.807) is 0 Å². The van der Waals surface area contributed by atoms with Crippen LogP contribution in [0.1, 0.15) is 24.8 Å². The zero-order valence-electron chi connectivity index (χ0n) is 15.6. The number of nitrogens with zero attached hydrogens (tertiary/aromatic N) is 1. The standard InChI is InChI=1S/C21H26N4O2/c1-2-27-19-5-3-4-17(12-19)24-20-10-11-25(21(20)26)18-8-6-15(7-9-18)16-13-22-23-14-16/h3-9,12,16,20,22-24H,2,10-11,13-14H2,1H3. The van der Waals surface area contributed by atoms with E-state index in [0.29, 0.717) is 12.5 Å². The molecule has 0 radical (unpaired) electrons. The maximum Gasteiger partial charge on any atom is 0.249 e. The summed E-state index contributed by atoms with van der Waals surface area (Å²) < 4.78 is 5.54. The van der Waals surface area contributed by atoms with Crippen LogP contribution in [0.3, 0.4) is 0 Å². The van der Waals surface area contributed by atoms with Gasteiger partial charge in [0.1, 0.15) is 11.8 Å². The van der Waals surface area contributed by atoms with E-state index in [1.807, 2.05) is 36.1 Å². The van der Waals surface area contributed by atoms with Crippen molar-refractivity contribution in [2.75, 3.05) is 36.5 Å². The Balaban J connectivity index is 1.41. The van der Waals surface area contributed by atoms with E-state index in [0.717, 1.165) is 43.2 Å². The smallest absolute Gasteiger partial charge is 0.249 e. The summed E-state index contributed by atoms with van der Waals surface area (Å²) in [6.45, 7) is 5.20. The Kier molecular flexibility index (Phi) is 5.27. The van der Waals surface area contributed by atoms with E-state index >= 15 is 0 Å². The summed E-state index contributed by atoms with van der Waals surface area (Å²) in [6.07, 6.45) is 0.788. The lowest BCUT2D eigenvalue weighted by Gasteiger charge is -2.19. The Morgan fingerprint density at radius 3 is 2.67 bits per heavy atom. The monoisotopic (exact) mass is 366 g/mol. The van der Waals surface area contributed by atoms with Crippen molar-refractivity contribution in [1.82, 2.24) is 10.9 Å². The van der Waals surface area contributed by atoms with Crippen LogP contribution in [0.4, 0.5) is 11.4 Å². The quantitative estimate of drug-likeness (QED) is 0.733. The van der Waals surface area contributed by atoms with Gasteiger partial charge < -0.3 is 15.0 Å². The Bertz CT molecular complexity index is 787. The lowest BCUT2D eigenvalue weighted by atomic mass is 10.00. The number of nitrogens with one attached hydrogen (secondary N) is 3. The van der Waals surface area contributed by atoms with Crippen LogP contribution in [-0.4, -0.2) is 38.2 Å². The van der Waals surface area contributed by atoms with Crippen molar-refractivity contribution in [2.24, 2.45) is 0 Å². The predicted molar refractivity (Wildman–Crippen MR) is 107 cm³/mol. The molecule has 6 nitrogen and oxygen atoms in total. The fourth-order valence-corrected chi connectivity index (χ4v) is 3.74. The van der Waals surface area contributed by atoms with Crippen molar-refractivity contribution in [3.05, 3.63) is 54.1 Å². The molecule has 0 aliphatic carbocycles. The first-order chi connectivity index (χ1) is 13.2. The van der Waals surface area contributed by atoms with Gasteiger partial charge in [-0.2, -0.15) is 0 Å². The van der Waals surface area contributed by atoms with Gasteiger partial charge in [0.15, 0.2) is 0 Å². The highest BCUT2D eigenvalue weighted by molar-refractivity contribution is 6.01. The summed E-state index contributed by atoms with van der Waals surface area (Å²) in [5, 5.41) is 3.36. The summed E-state index contributed by atoms with van der Waals surface area (Å²) in [4.78, 5) is 14.7. The zero-order valence-corrected chi connectivity index (χ0v) is 15.6. The Labute approximate surface area is 159 Å². The van der Waals surface area contributed by atoms with Gasteiger partial charge in [0.2, 0.25) is 5.91 Å². The molecule has 2 heterocycles. The molecule has 2 aliphatic heterocycles. The van der Waals surface area contributed by atoms with Crippen molar-refractivity contribution in [1.29, 1.82) is 0 Å². The summed E-state index contributed by atoms with van der Waals surface area (Å²) >= 11 is 0. The van der Waals surface area contributed by atoms with Gasteiger partial charge >= 0.3 is 0 Å². The minimum Gasteiger partial charge on any atom is -0.494 e. The molecule has 3 N–H and O–H groups in total. The minimum absolute atomic E-state index is 0.119. The first-order valence-corrected chi connectivity index (χ1v) is 9.61. The molecule has 1 amide bonds. The van der Waals surface area contributed by atoms with Gasteiger partial charge in [-0.25, -0.2) is 0 Å². The second kappa shape index (κ2) is 7.98. The second-order valence-corrected chi connectivity index (χ2v) is 6.99. The summed E-state index contributed by atoms with van der Waals surface area (Å²) in [5.74, 6) is 1.42. The number of benzene rings is 2. The van der Waals surface area contributed by atoms with Gasteiger partial charge in [0.25, 0.3) is 0 Å². The molecule has 2 fully saturated rings. The van der Waals surface area contributed by atoms with Crippen molar-refractivity contribution in [2.45, 2.75) is 25.3 Å². The van der Waals surface area contributed by atoms with Crippen molar-refractivity contribution in [3.63, 3.8) is 0 Å². The summed E-state index contributed by atoms with van der Waals surface area (Å²) in [7, 11) is 0. The van der Waals surface area contributed by atoms with Gasteiger partial charge in [-0.3, -0.25) is 15.6 Å². The lowest BCUT2D eigenvalue weighted by molar-refractivity contribution is -0.117. The molecular formula is C21H26N4O2. The molecule has 27 heavy (non-hydrogen) atoms. The molecule has 2 aromatic carbocycles. The van der Waals surface area contributed by atoms with Gasteiger partial charge in [-0.15, -0.1) is 0 Å². The third kappa shape index (κ3) is 3.91. The number of amides is 1. The molecule has 0 bridgehead atoms. The number of hydrogen-bond donors (Lipinski definition) is 3. The van der Waals surface area contributed by atoms with Crippen LogP contribution in [0.25, 0.3) is 0 Å². The molecule has 6 heteroatoms. The van der Waals surface area contributed by atoms with Crippen LogP contribution in [-0.2, 0) is 4.79 Å². The lowest BCUT2D eigenvalue weighted by Crippen LogP contribution is -2.33. The van der Waals surface area contributed by atoms with Crippen LogP contribution >= 0.6 is 0 Å². The van der Waals surface area contributed by atoms with Crippen LogP contribution < -0.4 is 25.8 Å². The molecular weight excluding hydrogens is 340 g/mol. The highest BCUT2D eigenvalue weighted by Crippen LogP contribution is 2.27. The predicted octanol–water partition coefficient (Wildman–Crippen LogP) is 2.49. The maximum absolute atomic E-state index is 12.9. The first-order valence-electron chi connectivity index (χ1n) is 9.61. The molecule has 142 valence electrons. The number of ether oxygens (including phenoxy) is 1. The van der Waals surface area contributed by atoms with E-state index in [4.69, 9.17) is 4.74 Å². The minimum atomic E-state index is -0.204. The molecule has 0 aromatic heterocycles. The first kappa shape index (κ1) is 17.8. The van der Waals surface area contributed by atoms with Gasteiger partial charge in [0, 0.05) is 43.0 Å². The van der Waals surface area contributed by atoms with E-state index < -0.39 is 0 Å². The van der Waals surface area contributed by atoms with Crippen LogP contribution in [0, 0.1) is 0 Å². The van der Waals surface area contributed by atoms with E-state index in [1.165, 1.54) is 5.56 Å². The number of hydrazine groups is 1. The highest BCUT2D eigenvalue weighted by atomic mass is 16.5. The zero-order chi connectivity index (χ0) is 18.6. The number of anilines is 2. The molecule has 1 atom stereocenters. The number of carbonyl (C=O) groups is 1. The largest absolute Gasteiger partial charge is 0.494 e. The number of hydrogen-bond acceptors (Lipinski definition) is 5. The molecule has 1 unspecified atom stereocenters. The Hall–Kier alpha value is -2.57. The van der Waals surface area contributed by atoms with Gasteiger partial charge in [0.05, 0.1) is 6.61 Å². The average Bonchev–Trinajstić information content (AvgIpc) is 3.34. The fraction of sp³-hybridized carbons (Fsp3) is 0.381. The third-order valence-electron chi connectivity index (χ3n) is 5.19. The van der Waals surface area contributed by atoms with Crippen LogP contribution in [0.15, 0.2) is 48.5 Å². The second-order valence-electron chi connectivity index (χ2n) is 6.99. The normalized spacial score (nSPS) is 20.3. The Morgan fingerprint density at radius 2 is 1.93 bits per heavy atom. The fourth-order valence-electron chi connectivity index (χ4n) is 3.74. The van der Waals surface area contributed by atoms with E-state index in [2.05, 4.69) is 40.4 Å². The van der Waals surface area contributed by atoms with Crippen LogP contribution in [0.5, 0.6) is 5.75 Å². The highest BCUT2D eigenvalue weighted by Gasteiger charge is 2.32. The van der Waals surface area contributed by atoms with Gasteiger partial charge in [-0.1, -0.05) is 18.2 Å². The maximum atomic E-state index is 12.9. The average molecular weight is 366 g/mol. The summed E-state index contributed by atoms with van der Waals surface area (Å²) in [5.41, 5.74) is 9.49. The van der Waals surface area contributed by atoms with Gasteiger partial charge in [-0.05, 0) is 43.2 Å². The third-order valence-corrected chi connectivity index (χ3v) is 5.19. The van der Waals surface area contributed by atoms with E-state index in [9.17, 15) is 4.79 Å². The number of rotatable bonds is 6. The van der Waals surface area contributed by atoms with Crippen molar-refractivity contribution >= 4 is 17.3 Å². The molecule has 2 aromatic rings. The summed E-state index contributed by atoms with van der Waals surface area (Å²) in [6, 6.07) is 16.0. The SMILES string of the molecule is CCOc1cccc(NC2CCN(c3ccc(C4CNNC4)cc3)C2=O)c1. The molecule has 0 spiro atoms. The van der Waals surface area contributed by atoms with Crippen molar-refractivity contribution < 1.29 is 9.53 Å². The molecule has 2 saturated heterocycles. The van der Waals surface area contributed by atoms with E-state index in [-0.39, 0.29) is 11.9 Å². The molecule has 4 rings (SSSR count). The van der Waals surface area contributed by atoms with Crippen LogP contribution in [0.2, 0.25) is 0 Å². The molecule has 2 aliphatic rings. The molecule has 0 saturated carbocycles. The Morgan fingerprint density at radius 1 is 1.15 bits per heavy atom. The van der Waals surface area contributed by atoms with Crippen molar-refractivity contribution in [3.8, 4) is 5.75 Å².